The Hall–Kier alpha value is -2.79. The van der Waals surface area contributed by atoms with E-state index < -0.39 is 32.6 Å². The van der Waals surface area contributed by atoms with Crippen LogP contribution in [0, 0.1) is 0 Å². The second kappa shape index (κ2) is 7.32. The number of benzene rings is 1. The Labute approximate surface area is 158 Å². The van der Waals surface area contributed by atoms with E-state index in [4.69, 9.17) is 5.73 Å². The van der Waals surface area contributed by atoms with Gasteiger partial charge in [0.25, 0.3) is 5.91 Å². The lowest BCUT2D eigenvalue weighted by Crippen LogP contribution is -2.35. The van der Waals surface area contributed by atoms with Crippen LogP contribution in [0.3, 0.4) is 0 Å². The van der Waals surface area contributed by atoms with Crippen LogP contribution in [0.2, 0.25) is 0 Å². The van der Waals surface area contributed by atoms with Gasteiger partial charge in [-0.15, -0.1) is 0 Å². The summed E-state index contributed by atoms with van der Waals surface area (Å²) < 4.78 is 65.0. The molecule has 7 nitrogen and oxygen atoms in total. The molecule has 2 N–H and O–H groups in total. The zero-order chi connectivity index (χ0) is 20.5. The number of nitrogens with two attached hydrogens (primary N) is 1. The van der Waals surface area contributed by atoms with Crippen molar-refractivity contribution < 1.29 is 26.4 Å². The zero-order valence-corrected chi connectivity index (χ0v) is 15.2. The van der Waals surface area contributed by atoms with Crippen molar-refractivity contribution in [2.45, 2.75) is 17.5 Å². The first-order valence-electron chi connectivity index (χ1n) is 8.09. The van der Waals surface area contributed by atoms with Crippen LogP contribution in [-0.4, -0.2) is 41.7 Å². The minimum Gasteiger partial charge on any atom is -0.364 e. The Morgan fingerprint density at radius 2 is 1.96 bits per heavy atom. The SMILES string of the molecule is NC(=O)c1ccnc(C2=CCN(S(=O)(=O)c3cccc(C(F)(F)F)c3)CC2)n1. The van der Waals surface area contributed by atoms with E-state index in [-0.39, 0.29) is 31.0 Å². The van der Waals surface area contributed by atoms with Crippen molar-refractivity contribution in [3.05, 3.63) is 59.7 Å². The number of amides is 1. The average molecular weight is 412 g/mol. The van der Waals surface area contributed by atoms with E-state index in [1.54, 1.807) is 6.08 Å². The highest BCUT2D eigenvalue weighted by Crippen LogP contribution is 2.32. The lowest BCUT2D eigenvalue weighted by Gasteiger charge is -2.25. The van der Waals surface area contributed by atoms with Gasteiger partial charge < -0.3 is 5.73 Å². The highest BCUT2D eigenvalue weighted by molar-refractivity contribution is 7.89. The maximum Gasteiger partial charge on any atom is 0.416 e. The summed E-state index contributed by atoms with van der Waals surface area (Å²) in [4.78, 5) is 18.9. The first-order valence-corrected chi connectivity index (χ1v) is 9.53. The second-order valence-corrected chi connectivity index (χ2v) is 7.94. The number of alkyl halides is 3. The van der Waals surface area contributed by atoms with Crippen molar-refractivity contribution in [1.82, 2.24) is 14.3 Å². The van der Waals surface area contributed by atoms with Gasteiger partial charge in [0.05, 0.1) is 10.5 Å². The van der Waals surface area contributed by atoms with Crippen molar-refractivity contribution in [1.29, 1.82) is 0 Å². The number of halogens is 3. The summed E-state index contributed by atoms with van der Waals surface area (Å²) in [6.45, 7) is -0.0212. The van der Waals surface area contributed by atoms with Gasteiger partial charge in [-0.3, -0.25) is 4.79 Å². The van der Waals surface area contributed by atoms with Crippen molar-refractivity contribution >= 4 is 21.5 Å². The van der Waals surface area contributed by atoms with Crippen LogP contribution < -0.4 is 5.73 Å². The highest BCUT2D eigenvalue weighted by atomic mass is 32.2. The van der Waals surface area contributed by atoms with Crippen LogP contribution in [0.5, 0.6) is 0 Å². The van der Waals surface area contributed by atoms with Crippen LogP contribution in [0.4, 0.5) is 13.2 Å². The summed E-state index contributed by atoms with van der Waals surface area (Å²) in [5.74, 6) is -0.457. The molecule has 148 valence electrons. The minimum absolute atomic E-state index is 0.0323. The molecular formula is C17H15F3N4O3S. The Balaban J connectivity index is 1.84. The molecule has 1 aromatic heterocycles. The normalized spacial score (nSPS) is 15.9. The fourth-order valence-electron chi connectivity index (χ4n) is 2.70. The first-order chi connectivity index (χ1) is 13.1. The van der Waals surface area contributed by atoms with Crippen molar-refractivity contribution in [3.8, 4) is 0 Å². The summed E-state index contributed by atoms with van der Waals surface area (Å²) in [6, 6.07) is 4.98. The molecule has 3 rings (SSSR count). The summed E-state index contributed by atoms with van der Waals surface area (Å²) in [6.07, 6.45) is -1.46. The van der Waals surface area contributed by atoms with E-state index in [0.717, 1.165) is 22.5 Å². The van der Waals surface area contributed by atoms with Crippen molar-refractivity contribution in [2.75, 3.05) is 13.1 Å². The molecule has 0 saturated carbocycles. The molecule has 2 heterocycles. The topological polar surface area (TPSA) is 106 Å². The summed E-state index contributed by atoms with van der Waals surface area (Å²) >= 11 is 0. The fraction of sp³-hybridized carbons (Fsp3) is 0.235. The molecule has 1 aliphatic rings. The summed E-state index contributed by atoms with van der Waals surface area (Å²) in [5, 5.41) is 0. The third-order valence-electron chi connectivity index (χ3n) is 4.17. The van der Waals surface area contributed by atoms with E-state index in [9.17, 15) is 26.4 Å². The number of aromatic nitrogens is 2. The molecule has 0 fully saturated rings. The van der Waals surface area contributed by atoms with Gasteiger partial charge in [0, 0.05) is 19.3 Å². The van der Waals surface area contributed by atoms with E-state index >= 15 is 0 Å². The van der Waals surface area contributed by atoms with E-state index in [1.165, 1.54) is 12.3 Å². The fourth-order valence-corrected chi connectivity index (χ4v) is 4.13. The van der Waals surface area contributed by atoms with Gasteiger partial charge in [-0.2, -0.15) is 17.5 Å². The molecule has 28 heavy (non-hydrogen) atoms. The zero-order valence-electron chi connectivity index (χ0n) is 14.3. The van der Waals surface area contributed by atoms with E-state index in [1.807, 2.05) is 0 Å². The molecular weight excluding hydrogens is 397 g/mol. The van der Waals surface area contributed by atoms with Gasteiger partial charge in [-0.25, -0.2) is 18.4 Å². The van der Waals surface area contributed by atoms with Gasteiger partial charge in [0.1, 0.15) is 5.69 Å². The van der Waals surface area contributed by atoms with Gasteiger partial charge in [0.15, 0.2) is 5.82 Å². The number of rotatable bonds is 4. The Morgan fingerprint density at radius 3 is 2.57 bits per heavy atom. The van der Waals surface area contributed by atoms with E-state index in [0.29, 0.717) is 11.6 Å². The number of sulfonamides is 1. The van der Waals surface area contributed by atoms with Gasteiger partial charge in [0.2, 0.25) is 10.0 Å². The average Bonchev–Trinajstić information content (AvgIpc) is 2.67. The third kappa shape index (κ3) is 4.04. The highest BCUT2D eigenvalue weighted by Gasteiger charge is 2.33. The van der Waals surface area contributed by atoms with Crippen LogP contribution in [0.15, 0.2) is 47.5 Å². The molecule has 0 radical (unpaired) electrons. The van der Waals surface area contributed by atoms with Crippen LogP contribution in [-0.2, 0) is 16.2 Å². The molecule has 0 aliphatic carbocycles. The molecule has 0 spiro atoms. The number of hydrogen-bond donors (Lipinski definition) is 1. The van der Waals surface area contributed by atoms with Gasteiger partial charge in [-0.1, -0.05) is 12.1 Å². The molecule has 0 atom stereocenters. The number of hydrogen-bond acceptors (Lipinski definition) is 5. The van der Waals surface area contributed by atoms with E-state index in [2.05, 4.69) is 9.97 Å². The predicted molar refractivity (Wildman–Crippen MR) is 93.3 cm³/mol. The molecule has 0 unspecified atom stereocenters. The minimum atomic E-state index is -4.64. The quantitative estimate of drug-likeness (QED) is 0.828. The predicted octanol–water partition coefficient (Wildman–Crippen LogP) is 2.07. The smallest absolute Gasteiger partial charge is 0.364 e. The number of carbonyl (C=O) groups excluding carboxylic acids is 1. The first kappa shape index (κ1) is 20.0. The molecule has 11 heteroatoms. The largest absolute Gasteiger partial charge is 0.416 e. The molecule has 1 aromatic carbocycles. The van der Waals surface area contributed by atoms with Crippen molar-refractivity contribution in [3.63, 3.8) is 0 Å². The standard InChI is InChI=1S/C17H15F3N4O3S/c18-17(19,20)12-2-1-3-13(10-12)28(26,27)24-8-5-11(6-9-24)16-22-7-4-14(23-16)15(21)25/h1-5,7,10H,6,8-9H2,(H2,21,25). The summed E-state index contributed by atoms with van der Waals surface area (Å²) in [7, 11) is -4.10. The lowest BCUT2D eigenvalue weighted by molar-refractivity contribution is -0.137. The molecule has 1 amide bonds. The lowest BCUT2D eigenvalue weighted by atomic mass is 10.1. The Bertz CT molecular complexity index is 1050. The van der Waals surface area contributed by atoms with Gasteiger partial charge >= 0.3 is 6.18 Å². The maximum absolute atomic E-state index is 12.9. The monoisotopic (exact) mass is 412 g/mol. The van der Waals surface area contributed by atoms with Gasteiger partial charge in [-0.05, 0) is 36.3 Å². The number of primary amides is 1. The van der Waals surface area contributed by atoms with Crippen molar-refractivity contribution in [2.24, 2.45) is 5.73 Å². The third-order valence-corrected chi connectivity index (χ3v) is 6.03. The van der Waals surface area contributed by atoms with Crippen LogP contribution >= 0.6 is 0 Å². The summed E-state index contributed by atoms with van der Waals surface area (Å²) in [5.41, 5.74) is 4.81. The number of nitrogens with zero attached hydrogens (tertiary/aromatic N) is 3. The number of carbonyl (C=O) groups is 1. The van der Waals surface area contributed by atoms with Crippen LogP contribution in [0.1, 0.15) is 28.3 Å². The molecule has 2 aromatic rings. The maximum atomic E-state index is 12.9. The molecule has 0 bridgehead atoms. The Kier molecular flexibility index (Phi) is 5.22. The molecule has 0 saturated heterocycles. The second-order valence-electron chi connectivity index (χ2n) is 6.00. The molecule has 1 aliphatic heterocycles. The Morgan fingerprint density at radius 1 is 1.21 bits per heavy atom. The van der Waals surface area contributed by atoms with Crippen LogP contribution in [0.25, 0.3) is 5.57 Å².